The van der Waals surface area contributed by atoms with Crippen molar-refractivity contribution in [2.45, 2.75) is 37.5 Å². The number of carbonyl (C=O) groups excluding carboxylic acids is 3. The quantitative estimate of drug-likeness (QED) is 0.295. The van der Waals surface area contributed by atoms with E-state index in [1.807, 2.05) is 30.3 Å². The highest BCUT2D eigenvalue weighted by Gasteiger charge is 2.68. The van der Waals surface area contributed by atoms with E-state index in [1.54, 1.807) is 13.0 Å². The summed E-state index contributed by atoms with van der Waals surface area (Å²) >= 11 is 1.52. The Labute approximate surface area is 239 Å². The maximum absolute atomic E-state index is 14.2. The van der Waals surface area contributed by atoms with Gasteiger partial charge in [-0.05, 0) is 67.7 Å². The number of carbonyl (C=O) groups is 3. The molecular weight excluding hydrogens is 546 g/mol. The number of aliphatic hydroxyl groups excluding tert-OH is 3. The number of nitrogens with zero attached hydrogens (tertiary/aromatic N) is 1. The molecule has 0 spiro atoms. The molecule has 1 fully saturated rings. The zero-order chi connectivity index (χ0) is 29.7. The summed E-state index contributed by atoms with van der Waals surface area (Å²) < 4.78 is 1.03. The number of rotatable bonds is 3. The number of ketones is 3. The fraction of sp³-hybridized carbons (Fsp3) is 0.323. The predicted molar refractivity (Wildman–Crippen MR) is 153 cm³/mol. The normalized spacial score (nSPS) is 29.6. The summed E-state index contributed by atoms with van der Waals surface area (Å²) in [7, 11) is 3.03. The molecule has 6 atom stereocenters. The first-order valence-corrected chi connectivity index (χ1v) is 14.0. The molecule has 41 heavy (non-hydrogen) atoms. The van der Waals surface area contributed by atoms with Crippen LogP contribution in [0.25, 0.3) is 26.3 Å². The van der Waals surface area contributed by atoms with E-state index in [0.717, 1.165) is 21.9 Å². The number of aromatic hydroxyl groups is 1. The van der Waals surface area contributed by atoms with Crippen molar-refractivity contribution >= 4 is 44.5 Å². The van der Waals surface area contributed by atoms with E-state index in [9.17, 15) is 39.9 Å². The van der Waals surface area contributed by atoms with Crippen molar-refractivity contribution in [2.75, 3.05) is 14.1 Å². The van der Waals surface area contributed by atoms with Crippen molar-refractivity contribution in [3.63, 3.8) is 0 Å². The number of hydrogen-bond acceptors (Lipinski definition) is 10. The Morgan fingerprint density at radius 3 is 2.37 bits per heavy atom. The predicted octanol–water partition coefficient (Wildman–Crippen LogP) is 3.48. The van der Waals surface area contributed by atoms with Crippen LogP contribution in [0.1, 0.15) is 30.9 Å². The van der Waals surface area contributed by atoms with Crippen LogP contribution in [0.5, 0.6) is 5.75 Å². The Bertz CT molecular complexity index is 1720. The molecule has 6 rings (SSSR count). The van der Waals surface area contributed by atoms with Gasteiger partial charge in [-0.15, -0.1) is 11.3 Å². The molecule has 1 aromatic heterocycles. The van der Waals surface area contributed by atoms with Crippen LogP contribution >= 0.6 is 11.3 Å². The van der Waals surface area contributed by atoms with Crippen LogP contribution in [-0.4, -0.2) is 79.6 Å². The minimum absolute atomic E-state index is 0.00684. The summed E-state index contributed by atoms with van der Waals surface area (Å²) in [6.45, 7) is 2.79. The molecule has 0 amide bonds. The second kappa shape index (κ2) is 9.09. The summed E-state index contributed by atoms with van der Waals surface area (Å²) in [4.78, 5) is 42.3. The molecule has 9 nitrogen and oxygen atoms in total. The summed E-state index contributed by atoms with van der Waals surface area (Å²) in [6.07, 6.45) is -1.61. The monoisotopic (exact) mass is 575 g/mol. The van der Waals surface area contributed by atoms with Gasteiger partial charge in [-0.1, -0.05) is 25.1 Å². The summed E-state index contributed by atoms with van der Waals surface area (Å²) in [6, 6.07) is 11.6. The van der Waals surface area contributed by atoms with E-state index in [2.05, 4.69) is 0 Å². The standard InChI is InChI=1S/C31H29NO8S/c1-12-19-15(18-11-14-7-5-6-8-17(14)41-18)9-10-16(34)22(19)26(35)23-20(12)27(36)24-25(32(3)4)28(37)21(13(2)33)29(38)31(24,40)30(23)39/h5-12,20,24-25,27,34-36,38,40H,1-4H3/t12-,20+,24+,25-,27-,31+/m0/s1. The molecule has 1 saturated carbocycles. The van der Waals surface area contributed by atoms with E-state index in [-0.39, 0.29) is 16.9 Å². The van der Waals surface area contributed by atoms with E-state index in [1.165, 1.54) is 36.4 Å². The second-order valence-corrected chi connectivity index (χ2v) is 12.4. The number of likely N-dealkylation sites (N-methyl/N-ethyl adjacent to an activating group) is 1. The van der Waals surface area contributed by atoms with Crippen molar-refractivity contribution in [1.29, 1.82) is 0 Å². The first-order valence-electron chi connectivity index (χ1n) is 13.2. The molecule has 3 aromatic rings. The molecular formula is C31H29NO8S. The van der Waals surface area contributed by atoms with Gasteiger partial charge in [-0.2, -0.15) is 0 Å². The van der Waals surface area contributed by atoms with Crippen LogP contribution in [0.3, 0.4) is 0 Å². The molecule has 3 aliphatic rings. The van der Waals surface area contributed by atoms with Gasteiger partial charge < -0.3 is 25.5 Å². The highest BCUT2D eigenvalue weighted by molar-refractivity contribution is 7.22. The van der Waals surface area contributed by atoms with Crippen molar-refractivity contribution in [1.82, 2.24) is 4.90 Å². The Hall–Kier alpha value is -3.83. The fourth-order valence-electron chi connectivity index (χ4n) is 7.13. The lowest BCUT2D eigenvalue weighted by atomic mass is 9.54. The van der Waals surface area contributed by atoms with Crippen LogP contribution in [0, 0.1) is 11.8 Å². The second-order valence-electron chi connectivity index (χ2n) is 11.3. The van der Waals surface area contributed by atoms with Gasteiger partial charge in [0.05, 0.1) is 23.6 Å². The maximum atomic E-state index is 14.2. The molecule has 5 N–H and O–H groups in total. The van der Waals surface area contributed by atoms with Gasteiger partial charge in [0.25, 0.3) is 0 Å². The Kier molecular flexibility index (Phi) is 6.06. The maximum Gasteiger partial charge on any atom is 0.202 e. The highest BCUT2D eigenvalue weighted by atomic mass is 32.1. The number of phenolic OH excluding ortho intramolecular Hbond substituents is 1. The molecule has 0 radical (unpaired) electrons. The molecule has 2 aromatic carbocycles. The molecule has 0 bridgehead atoms. The van der Waals surface area contributed by atoms with Gasteiger partial charge in [0, 0.05) is 21.1 Å². The van der Waals surface area contributed by atoms with Crippen LogP contribution in [0.4, 0.5) is 0 Å². The summed E-state index contributed by atoms with van der Waals surface area (Å²) in [5.41, 5.74) is -2.76. The Morgan fingerprint density at radius 2 is 1.73 bits per heavy atom. The van der Waals surface area contributed by atoms with Crippen molar-refractivity contribution in [2.24, 2.45) is 11.8 Å². The van der Waals surface area contributed by atoms with Gasteiger partial charge in [0.2, 0.25) is 5.78 Å². The lowest BCUT2D eigenvalue weighted by molar-refractivity contribution is -0.169. The molecule has 0 aliphatic heterocycles. The molecule has 212 valence electrons. The van der Waals surface area contributed by atoms with Gasteiger partial charge in [-0.25, -0.2) is 0 Å². The Balaban J connectivity index is 1.63. The first-order chi connectivity index (χ1) is 19.3. The van der Waals surface area contributed by atoms with E-state index < -0.39 is 69.9 Å². The topological polar surface area (TPSA) is 156 Å². The minimum atomic E-state index is -2.86. The molecule has 10 heteroatoms. The van der Waals surface area contributed by atoms with E-state index in [0.29, 0.717) is 11.1 Å². The number of Topliss-reactive ketones (excluding diaryl/α,β-unsaturated/α-hetero) is 3. The molecule has 0 saturated heterocycles. The zero-order valence-electron chi connectivity index (χ0n) is 22.7. The average molecular weight is 576 g/mol. The number of thiophene rings is 1. The smallest absolute Gasteiger partial charge is 0.202 e. The van der Waals surface area contributed by atoms with Crippen LogP contribution < -0.4 is 0 Å². The highest BCUT2D eigenvalue weighted by Crippen LogP contribution is 2.57. The minimum Gasteiger partial charge on any atom is -0.508 e. The Morgan fingerprint density at radius 1 is 1.05 bits per heavy atom. The van der Waals surface area contributed by atoms with Crippen molar-refractivity contribution in [3.8, 4) is 16.2 Å². The van der Waals surface area contributed by atoms with Crippen LogP contribution in [-0.2, 0) is 14.4 Å². The fourth-order valence-corrected chi connectivity index (χ4v) is 8.23. The number of hydrogen-bond donors (Lipinski definition) is 5. The van der Waals surface area contributed by atoms with E-state index >= 15 is 0 Å². The molecule has 1 heterocycles. The summed E-state index contributed by atoms with van der Waals surface area (Å²) in [5.74, 6) is -8.18. The molecule has 0 unspecified atom stereocenters. The number of fused-ring (bicyclic) bond motifs is 4. The lowest BCUT2D eigenvalue weighted by Gasteiger charge is -2.54. The number of aliphatic hydroxyl groups is 4. The molecule has 3 aliphatic carbocycles. The zero-order valence-corrected chi connectivity index (χ0v) is 23.6. The first kappa shape index (κ1) is 27.3. The largest absolute Gasteiger partial charge is 0.508 e. The van der Waals surface area contributed by atoms with Crippen LogP contribution in [0.2, 0.25) is 0 Å². The van der Waals surface area contributed by atoms with Gasteiger partial charge >= 0.3 is 0 Å². The van der Waals surface area contributed by atoms with Crippen molar-refractivity contribution in [3.05, 3.63) is 70.5 Å². The van der Waals surface area contributed by atoms with Crippen molar-refractivity contribution < 1.29 is 39.9 Å². The number of phenols is 1. The van der Waals surface area contributed by atoms with Gasteiger partial charge in [-0.3, -0.25) is 19.3 Å². The third-order valence-electron chi connectivity index (χ3n) is 8.90. The van der Waals surface area contributed by atoms with Gasteiger partial charge in [0.1, 0.15) is 22.8 Å². The third-order valence-corrected chi connectivity index (χ3v) is 10.1. The van der Waals surface area contributed by atoms with Crippen LogP contribution in [0.15, 0.2) is 59.4 Å². The SMILES string of the molecule is CC(=O)C1=C(O)[C@@]2(O)C(=O)C3=C(O)c4c(O)ccc(-c5cc6ccccc6s5)c4[C@H](C)[C@H]3[C@H](O)[C@H]2[C@H](N(C)C)C1=O. The van der Waals surface area contributed by atoms with E-state index in [4.69, 9.17) is 0 Å². The number of benzene rings is 2. The van der Waals surface area contributed by atoms with Gasteiger partial charge in [0.15, 0.2) is 17.2 Å². The lowest BCUT2D eigenvalue weighted by Crippen LogP contribution is -2.70. The summed E-state index contributed by atoms with van der Waals surface area (Å²) in [5, 5.41) is 58.4. The average Bonchev–Trinajstić information content (AvgIpc) is 3.34. The third kappa shape index (κ3) is 3.48.